The summed E-state index contributed by atoms with van der Waals surface area (Å²) in [5.74, 6) is 0.263. The minimum atomic E-state index is -0.673. The summed E-state index contributed by atoms with van der Waals surface area (Å²) in [7, 11) is 3.48. The van der Waals surface area contributed by atoms with Gasteiger partial charge in [-0.1, -0.05) is 6.07 Å². The first kappa shape index (κ1) is 22.5. The van der Waals surface area contributed by atoms with E-state index in [9.17, 15) is 9.50 Å². The summed E-state index contributed by atoms with van der Waals surface area (Å²) in [6, 6.07) is 11.0. The number of rotatable bonds is 5. The molecule has 0 radical (unpaired) electrons. The summed E-state index contributed by atoms with van der Waals surface area (Å²) >= 11 is 0. The second-order valence-electron chi connectivity index (χ2n) is 10.1. The highest BCUT2D eigenvalue weighted by Crippen LogP contribution is 2.44. The first-order chi connectivity index (χ1) is 16.2. The summed E-state index contributed by atoms with van der Waals surface area (Å²) in [6.45, 7) is 4.63. The van der Waals surface area contributed by atoms with Crippen LogP contribution in [-0.4, -0.2) is 51.6 Å². The van der Waals surface area contributed by atoms with Gasteiger partial charge in [-0.3, -0.25) is 0 Å². The number of nitrogens with one attached hydrogen (secondary N) is 1. The molecule has 5 rings (SSSR count). The Morgan fingerprint density at radius 3 is 2.41 bits per heavy atom. The number of halogens is 1. The van der Waals surface area contributed by atoms with Gasteiger partial charge in [-0.05, 0) is 75.4 Å². The Bertz CT molecular complexity index is 1200. The number of hydrogen-bond donors (Lipinski definition) is 2. The third kappa shape index (κ3) is 4.07. The Labute approximate surface area is 199 Å². The molecule has 4 heterocycles. The van der Waals surface area contributed by atoms with E-state index in [-0.39, 0.29) is 22.6 Å². The number of aromatic hydroxyl groups is 1. The molecule has 2 fully saturated rings. The summed E-state index contributed by atoms with van der Waals surface area (Å²) in [4.78, 5) is 5.95. The zero-order chi connectivity index (χ0) is 24.1. The topological polar surface area (TPSA) is 83.4 Å². The van der Waals surface area contributed by atoms with E-state index in [2.05, 4.69) is 46.3 Å². The smallest absolute Gasteiger partial charge is 0.255 e. The molecule has 8 heteroatoms. The number of anilines is 1. The Kier molecular flexibility index (Phi) is 5.43. The molecule has 7 nitrogen and oxygen atoms in total. The van der Waals surface area contributed by atoms with Crippen molar-refractivity contribution in [3.63, 3.8) is 0 Å². The molecule has 34 heavy (non-hydrogen) atoms. The normalized spacial score (nSPS) is 25.9. The Hall–Kier alpha value is -3.26. The van der Waals surface area contributed by atoms with Gasteiger partial charge in [0.2, 0.25) is 0 Å². The maximum absolute atomic E-state index is 13.6. The van der Waals surface area contributed by atoms with Gasteiger partial charge in [0, 0.05) is 41.5 Å². The maximum Gasteiger partial charge on any atom is 0.255 e. The van der Waals surface area contributed by atoms with Crippen LogP contribution in [-0.2, 0) is 0 Å². The van der Waals surface area contributed by atoms with Gasteiger partial charge < -0.3 is 20.1 Å². The average molecular weight is 464 g/mol. The Morgan fingerprint density at radius 1 is 1.06 bits per heavy atom. The molecule has 0 amide bonds. The third-order valence-corrected chi connectivity index (χ3v) is 7.40. The number of benzene rings is 1. The lowest BCUT2D eigenvalue weighted by Gasteiger charge is -2.45. The zero-order valence-corrected chi connectivity index (χ0v) is 20.0. The minimum absolute atomic E-state index is 0.0522. The molecule has 1 aromatic carbocycles. The molecule has 0 saturated carbocycles. The van der Waals surface area contributed by atoms with Crippen LogP contribution in [0, 0.1) is 5.95 Å². The SMILES string of the molecule is COc1cc(-c2ccc(-c3ccc(N(C)[C@H]4C[C@]5(C)CC[C@](C)(C4)N5)nn3)c(O)c2)cnc1F. The van der Waals surface area contributed by atoms with Crippen LogP contribution in [0.4, 0.5) is 10.2 Å². The standard InChI is InChI=1S/C26H30FN5O2/c1-25-9-10-26(2,31-25)14-18(13-25)32(3)23-8-7-20(29-30-23)19-6-5-16(11-21(19)33)17-12-22(34-4)24(27)28-15-17/h5-8,11-12,15,18,31,33H,9-10,13-14H2,1-4H3/t18-,25-,26+. The van der Waals surface area contributed by atoms with E-state index in [1.165, 1.54) is 26.1 Å². The molecule has 3 atom stereocenters. The van der Waals surface area contributed by atoms with Crippen molar-refractivity contribution in [2.45, 2.75) is 56.7 Å². The van der Waals surface area contributed by atoms with Gasteiger partial charge in [0.1, 0.15) is 5.75 Å². The summed E-state index contributed by atoms with van der Waals surface area (Å²) in [5.41, 5.74) is 2.85. The molecule has 0 spiro atoms. The van der Waals surface area contributed by atoms with Crippen molar-refractivity contribution in [3.8, 4) is 33.9 Å². The molecule has 0 aliphatic carbocycles. The van der Waals surface area contributed by atoms with Gasteiger partial charge >= 0.3 is 0 Å². The maximum atomic E-state index is 13.6. The van der Waals surface area contributed by atoms with E-state index < -0.39 is 5.95 Å². The second-order valence-corrected chi connectivity index (χ2v) is 10.1. The number of ether oxygens (including phenoxy) is 1. The fraction of sp³-hybridized carbons (Fsp3) is 0.423. The molecule has 2 saturated heterocycles. The van der Waals surface area contributed by atoms with E-state index in [0.29, 0.717) is 28.4 Å². The molecule has 2 aliphatic rings. The van der Waals surface area contributed by atoms with Gasteiger partial charge in [0.05, 0.1) is 12.8 Å². The molecule has 2 bridgehead atoms. The van der Waals surface area contributed by atoms with Crippen molar-refractivity contribution in [2.75, 3.05) is 19.1 Å². The molecule has 0 unspecified atom stereocenters. The van der Waals surface area contributed by atoms with Gasteiger partial charge in [-0.25, -0.2) is 4.98 Å². The molecule has 178 valence electrons. The van der Waals surface area contributed by atoms with Gasteiger partial charge in [-0.15, -0.1) is 10.2 Å². The quantitative estimate of drug-likeness (QED) is 0.537. The van der Waals surface area contributed by atoms with Crippen molar-refractivity contribution < 1.29 is 14.2 Å². The van der Waals surface area contributed by atoms with Gasteiger partial charge in [0.15, 0.2) is 11.6 Å². The summed E-state index contributed by atoms with van der Waals surface area (Å²) < 4.78 is 18.6. The van der Waals surface area contributed by atoms with Crippen LogP contribution in [0.5, 0.6) is 11.5 Å². The highest BCUT2D eigenvalue weighted by Gasteiger charge is 2.49. The van der Waals surface area contributed by atoms with Crippen LogP contribution in [0.2, 0.25) is 0 Å². The van der Waals surface area contributed by atoms with Crippen LogP contribution in [0.3, 0.4) is 0 Å². The van der Waals surface area contributed by atoms with E-state index in [1.54, 1.807) is 18.2 Å². The number of aromatic nitrogens is 3. The molecule has 2 N–H and O–H groups in total. The lowest BCUT2D eigenvalue weighted by atomic mass is 9.84. The predicted molar refractivity (Wildman–Crippen MR) is 129 cm³/mol. The van der Waals surface area contributed by atoms with Crippen molar-refractivity contribution >= 4 is 5.82 Å². The van der Waals surface area contributed by atoms with Gasteiger partial charge in [-0.2, -0.15) is 4.39 Å². The van der Waals surface area contributed by atoms with Crippen LogP contribution >= 0.6 is 0 Å². The lowest BCUT2D eigenvalue weighted by molar-refractivity contribution is 0.207. The minimum Gasteiger partial charge on any atom is -0.507 e. The van der Waals surface area contributed by atoms with Crippen LogP contribution < -0.4 is 15.0 Å². The van der Waals surface area contributed by atoms with Crippen LogP contribution in [0.15, 0.2) is 42.6 Å². The average Bonchev–Trinajstić information content (AvgIpc) is 3.05. The molecule has 3 aromatic rings. The summed E-state index contributed by atoms with van der Waals surface area (Å²) in [5, 5.41) is 23.4. The van der Waals surface area contributed by atoms with E-state index >= 15 is 0 Å². The number of nitrogens with zero attached hydrogens (tertiary/aromatic N) is 4. The van der Waals surface area contributed by atoms with E-state index in [4.69, 9.17) is 4.74 Å². The second kappa shape index (κ2) is 8.20. The monoisotopic (exact) mass is 463 g/mol. The number of methoxy groups -OCH3 is 1. The highest BCUT2D eigenvalue weighted by molar-refractivity contribution is 5.74. The number of pyridine rings is 1. The molecule has 2 aliphatic heterocycles. The van der Waals surface area contributed by atoms with E-state index in [0.717, 1.165) is 18.7 Å². The molecule has 2 aromatic heterocycles. The highest BCUT2D eigenvalue weighted by atomic mass is 19.1. The number of fused-ring (bicyclic) bond motifs is 2. The zero-order valence-electron chi connectivity index (χ0n) is 20.0. The van der Waals surface area contributed by atoms with Crippen molar-refractivity contribution in [1.82, 2.24) is 20.5 Å². The van der Waals surface area contributed by atoms with Gasteiger partial charge in [0.25, 0.3) is 5.95 Å². The van der Waals surface area contributed by atoms with Crippen molar-refractivity contribution in [1.29, 1.82) is 0 Å². The first-order valence-corrected chi connectivity index (χ1v) is 11.6. The fourth-order valence-electron chi connectivity index (χ4n) is 5.60. The van der Waals surface area contributed by atoms with E-state index in [1.807, 2.05) is 18.2 Å². The largest absolute Gasteiger partial charge is 0.507 e. The Balaban J connectivity index is 1.35. The predicted octanol–water partition coefficient (Wildman–Crippen LogP) is 4.56. The Morgan fingerprint density at radius 2 is 1.79 bits per heavy atom. The lowest BCUT2D eigenvalue weighted by Crippen LogP contribution is -2.58. The van der Waals surface area contributed by atoms with Crippen molar-refractivity contribution in [3.05, 3.63) is 48.5 Å². The van der Waals surface area contributed by atoms with Crippen LogP contribution in [0.25, 0.3) is 22.4 Å². The summed E-state index contributed by atoms with van der Waals surface area (Å²) in [6.07, 6.45) is 5.97. The van der Waals surface area contributed by atoms with Crippen molar-refractivity contribution in [2.24, 2.45) is 0 Å². The fourth-order valence-corrected chi connectivity index (χ4v) is 5.60. The number of phenolic OH excluding ortho intramolecular Hbond substituents is 1. The molecular formula is C26H30FN5O2. The third-order valence-electron chi connectivity index (χ3n) is 7.40. The number of hydrogen-bond acceptors (Lipinski definition) is 7. The first-order valence-electron chi connectivity index (χ1n) is 11.6. The number of piperidine rings is 1. The van der Waals surface area contributed by atoms with Crippen LogP contribution in [0.1, 0.15) is 39.5 Å². The number of phenols is 1. The molecular weight excluding hydrogens is 433 g/mol.